The van der Waals surface area contributed by atoms with Gasteiger partial charge in [-0.1, -0.05) is 37.6 Å². The first-order valence-electron chi connectivity index (χ1n) is 7.90. The van der Waals surface area contributed by atoms with Crippen molar-refractivity contribution in [2.45, 2.75) is 45.1 Å². The fourth-order valence-corrected chi connectivity index (χ4v) is 3.22. The highest BCUT2D eigenvalue weighted by Crippen LogP contribution is 2.30. The van der Waals surface area contributed by atoms with Crippen LogP contribution < -0.4 is 10.6 Å². The molecule has 21 heavy (non-hydrogen) atoms. The van der Waals surface area contributed by atoms with E-state index >= 15 is 0 Å². The van der Waals surface area contributed by atoms with Gasteiger partial charge >= 0.3 is 0 Å². The van der Waals surface area contributed by atoms with Crippen molar-refractivity contribution < 1.29 is 4.79 Å². The topological polar surface area (TPSA) is 41.1 Å². The monoisotopic (exact) mass is 308 g/mol. The molecule has 1 aliphatic rings. The normalized spacial score (nSPS) is 19.3. The zero-order chi connectivity index (χ0) is 15.3. The predicted molar refractivity (Wildman–Crippen MR) is 87.4 cm³/mol. The summed E-state index contributed by atoms with van der Waals surface area (Å²) in [5, 5.41) is 7.34. The first kappa shape index (κ1) is 16.3. The minimum Gasteiger partial charge on any atom is -0.346 e. The highest BCUT2D eigenvalue weighted by atomic mass is 35.5. The number of hydrogen-bond donors (Lipinski definition) is 2. The second-order valence-corrected chi connectivity index (χ2v) is 6.27. The lowest BCUT2D eigenvalue weighted by Gasteiger charge is -2.36. The molecule has 0 radical (unpaired) electrons. The second-order valence-electron chi connectivity index (χ2n) is 5.83. The summed E-state index contributed by atoms with van der Waals surface area (Å²) in [6, 6.07) is 7.83. The summed E-state index contributed by atoms with van der Waals surface area (Å²) >= 11 is 5.98. The Morgan fingerprint density at radius 1 is 1.33 bits per heavy atom. The van der Waals surface area contributed by atoms with Crippen molar-refractivity contribution >= 4 is 17.5 Å². The van der Waals surface area contributed by atoms with E-state index < -0.39 is 0 Å². The summed E-state index contributed by atoms with van der Waals surface area (Å²) < 4.78 is 0. The van der Waals surface area contributed by atoms with E-state index in [0.29, 0.717) is 0 Å². The molecule has 1 aromatic rings. The van der Waals surface area contributed by atoms with Crippen LogP contribution in [-0.2, 0) is 10.3 Å². The average molecular weight is 309 g/mol. The predicted octanol–water partition coefficient (Wildman–Crippen LogP) is 3.47. The Hall–Kier alpha value is -1.06. The third kappa shape index (κ3) is 3.78. The maximum atomic E-state index is 12.6. The van der Waals surface area contributed by atoms with Crippen LogP contribution in [0.5, 0.6) is 0 Å². The lowest BCUT2D eigenvalue weighted by Crippen LogP contribution is -2.50. The standard InChI is InChI=1S/C17H25ClN2O/c1-3-17(4-2,14-7-9-15(18)10-8-14)20-16(21)13-6-5-11-19-12-13/h7-10,13,19H,3-6,11-12H2,1-2H3,(H,20,21). The van der Waals surface area contributed by atoms with Crippen molar-refractivity contribution in [1.29, 1.82) is 0 Å². The van der Waals surface area contributed by atoms with Gasteiger partial charge in [0.05, 0.1) is 11.5 Å². The molecule has 1 aliphatic heterocycles. The SMILES string of the molecule is CCC(CC)(NC(=O)C1CCCNC1)c1ccc(Cl)cc1. The Morgan fingerprint density at radius 3 is 2.52 bits per heavy atom. The summed E-state index contributed by atoms with van der Waals surface area (Å²) in [4.78, 5) is 12.6. The van der Waals surface area contributed by atoms with Crippen LogP contribution in [0.1, 0.15) is 45.1 Å². The van der Waals surface area contributed by atoms with Gasteiger partial charge in [0, 0.05) is 11.6 Å². The smallest absolute Gasteiger partial charge is 0.225 e. The number of amides is 1. The number of piperidine rings is 1. The van der Waals surface area contributed by atoms with Crippen molar-refractivity contribution in [1.82, 2.24) is 10.6 Å². The van der Waals surface area contributed by atoms with Crippen molar-refractivity contribution in [3.63, 3.8) is 0 Å². The van der Waals surface area contributed by atoms with E-state index in [2.05, 4.69) is 24.5 Å². The van der Waals surface area contributed by atoms with E-state index in [0.717, 1.165) is 49.4 Å². The number of benzene rings is 1. The molecule has 1 fully saturated rings. The second kappa shape index (κ2) is 7.28. The number of rotatable bonds is 5. The van der Waals surface area contributed by atoms with Gasteiger partial charge in [-0.2, -0.15) is 0 Å². The Bertz CT molecular complexity index is 462. The van der Waals surface area contributed by atoms with Crippen molar-refractivity contribution in [3.8, 4) is 0 Å². The van der Waals surface area contributed by atoms with E-state index in [1.54, 1.807) is 0 Å². The van der Waals surface area contributed by atoms with E-state index in [9.17, 15) is 4.79 Å². The molecule has 1 heterocycles. The van der Waals surface area contributed by atoms with Gasteiger partial charge in [-0.25, -0.2) is 0 Å². The highest BCUT2D eigenvalue weighted by molar-refractivity contribution is 6.30. The van der Waals surface area contributed by atoms with Crippen LogP contribution in [0.4, 0.5) is 0 Å². The number of halogens is 1. The van der Waals surface area contributed by atoms with Crippen molar-refractivity contribution in [3.05, 3.63) is 34.9 Å². The Kier molecular flexibility index (Phi) is 5.65. The molecule has 1 atom stereocenters. The third-order valence-electron chi connectivity index (χ3n) is 4.63. The van der Waals surface area contributed by atoms with Crippen LogP contribution in [0.25, 0.3) is 0 Å². The number of nitrogens with one attached hydrogen (secondary N) is 2. The molecule has 3 nitrogen and oxygen atoms in total. The molecule has 0 aromatic heterocycles. The van der Waals surface area contributed by atoms with Gasteiger partial charge in [-0.3, -0.25) is 4.79 Å². The lowest BCUT2D eigenvalue weighted by molar-refractivity contribution is -0.127. The zero-order valence-electron chi connectivity index (χ0n) is 12.9. The van der Waals surface area contributed by atoms with E-state index in [1.807, 2.05) is 24.3 Å². The summed E-state index contributed by atoms with van der Waals surface area (Å²) in [6.45, 7) is 6.05. The molecule has 1 saturated heterocycles. The quantitative estimate of drug-likeness (QED) is 0.874. The lowest BCUT2D eigenvalue weighted by atomic mass is 9.83. The molecule has 2 N–H and O–H groups in total. The van der Waals surface area contributed by atoms with Crippen molar-refractivity contribution in [2.24, 2.45) is 5.92 Å². The molecule has 2 rings (SSSR count). The average Bonchev–Trinajstić information content (AvgIpc) is 2.54. The van der Waals surface area contributed by atoms with Gasteiger partial charge in [-0.15, -0.1) is 0 Å². The molecule has 1 aromatic carbocycles. The molecule has 0 aliphatic carbocycles. The Labute approximate surface area is 132 Å². The van der Waals surface area contributed by atoms with Crippen LogP contribution in [0.3, 0.4) is 0 Å². The molecular weight excluding hydrogens is 284 g/mol. The Morgan fingerprint density at radius 2 is 2.00 bits per heavy atom. The number of hydrogen-bond acceptors (Lipinski definition) is 2. The van der Waals surface area contributed by atoms with E-state index in [-0.39, 0.29) is 17.4 Å². The molecule has 1 unspecified atom stereocenters. The summed E-state index contributed by atoms with van der Waals surface area (Å²) in [5.74, 6) is 0.254. The van der Waals surface area contributed by atoms with Crippen molar-refractivity contribution in [2.75, 3.05) is 13.1 Å². The first-order chi connectivity index (χ1) is 10.1. The maximum absolute atomic E-state index is 12.6. The van der Waals surface area contributed by atoms with E-state index in [4.69, 9.17) is 11.6 Å². The van der Waals surface area contributed by atoms with Gasteiger partial charge in [0.25, 0.3) is 0 Å². The number of carbonyl (C=O) groups excluding carboxylic acids is 1. The van der Waals surface area contributed by atoms with Gasteiger partial charge in [0.2, 0.25) is 5.91 Å². The highest BCUT2D eigenvalue weighted by Gasteiger charge is 2.33. The molecule has 0 saturated carbocycles. The van der Waals surface area contributed by atoms with E-state index in [1.165, 1.54) is 0 Å². The van der Waals surface area contributed by atoms with Crippen LogP contribution in [-0.4, -0.2) is 19.0 Å². The maximum Gasteiger partial charge on any atom is 0.225 e. The summed E-state index contributed by atoms with van der Waals surface area (Å²) in [6.07, 6.45) is 3.79. The molecule has 0 spiro atoms. The molecule has 4 heteroatoms. The van der Waals surface area contributed by atoms with Crippen LogP contribution in [0, 0.1) is 5.92 Å². The van der Waals surface area contributed by atoms with Gasteiger partial charge in [-0.05, 0) is 49.9 Å². The van der Waals surface area contributed by atoms with Gasteiger partial charge < -0.3 is 10.6 Å². The molecule has 1 amide bonds. The summed E-state index contributed by atoms with van der Waals surface area (Å²) in [7, 11) is 0. The molecular formula is C17H25ClN2O. The fourth-order valence-electron chi connectivity index (χ4n) is 3.09. The minimum atomic E-state index is -0.293. The Balaban J connectivity index is 2.17. The summed E-state index contributed by atoms with van der Waals surface area (Å²) in [5.41, 5.74) is 0.841. The van der Waals surface area contributed by atoms with Gasteiger partial charge in [0.15, 0.2) is 0 Å². The fraction of sp³-hybridized carbons (Fsp3) is 0.588. The molecule has 0 bridgehead atoms. The first-order valence-corrected chi connectivity index (χ1v) is 8.28. The third-order valence-corrected chi connectivity index (χ3v) is 4.89. The van der Waals surface area contributed by atoms with Crippen LogP contribution >= 0.6 is 11.6 Å². The van der Waals surface area contributed by atoms with Crippen LogP contribution in [0.15, 0.2) is 24.3 Å². The van der Waals surface area contributed by atoms with Gasteiger partial charge in [0.1, 0.15) is 0 Å². The zero-order valence-corrected chi connectivity index (χ0v) is 13.7. The molecule has 116 valence electrons. The van der Waals surface area contributed by atoms with Crippen LogP contribution in [0.2, 0.25) is 5.02 Å². The minimum absolute atomic E-state index is 0.0866. The number of carbonyl (C=O) groups is 1. The largest absolute Gasteiger partial charge is 0.346 e.